The minimum atomic E-state index is -1.25. The number of nitrogens with one attached hydrogen (secondary N) is 3. The summed E-state index contributed by atoms with van der Waals surface area (Å²) in [6.45, 7) is 0.746. The zero-order valence-corrected chi connectivity index (χ0v) is 43.2. The number of aromatic hydroxyl groups is 1. The van der Waals surface area contributed by atoms with E-state index in [2.05, 4.69) is 30.9 Å². The number of nitrogens with two attached hydrogens (primary N) is 2. The molecule has 0 saturated heterocycles. The van der Waals surface area contributed by atoms with E-state index in [0.717, 1.165) is 5.56 Å². The van der Waals surface area contributed by atoms with Crippen LogP contribution < -0.4 is 47.1 Å². The van der Waals surface area contributed by atoms with Crippen molar-refractivity contribution in [1.29, 1.82) is 0 Å². The molecule has 3 aromatic heterocycles. The normalized spacial score (nSPS) is 10.9. The van der Waals surface area contributed by atoms with Crippen LogP contribution >= 0.6 is 12.2 Å². The van der Waals surface area contributed by atoms with Gasteiger partial charge < -0.3 is 61.0 Å². The highest BCUT2D eigenvalue weighted by Gasteiger charge is 2.25. The van der Waals surface area contributed by atoms with E-state index in [1.54, 1.807) is 30.3 Å². The summed E-state index contributed by atoms with van der Waals surface area (Å²) in [5.74, 6) is -3.57. The molecule has 0 unspecified atom stereocenters. The number of ether oxygens (including phenoxy) is 4. The number of thiocarbonyl (C=S) groups is 1. The molecule has 1 aliphatic carbocycles. The summed E-state index contributed by atoms with van der Waals surface area (Å²) in [5.41, 5.74) is 14.2. The third kappa shape index (κ3) is 14.1. The number of nitrogens with zero attached hydrogens (tertiary/aromatic N) is 3. The minimum Gasteiger partial charge on any atom is -0.508 e. The van der Waals surface area contributed by atoms with E-state index in [4.69, 9.17) is 47.0 Å². The number of methoxy groups -OCH3 is 1. The van der Waals surface area contributed by atoms with Gasteiger partial charge in [0.15, 0.2) is 16.9 Å². The number of carboxylic acid groups (broad SMARTS) is 1. The molecule has 21 nitrogen and oxygen atoms in total. The molecule has 0 saturated carbocycles. The molecule has 404 valence electrons. The van der Waals surface area contributed by atoms with E-state index in [1.165, 1.54) is 67.8 Å². The van der Waals surface area contributed by atoms with E-state index in [0.29, 0.717) is 52.6 Å². The summed E-state index contributed by atoms with van der Waals surface area (Å²) < 4.78 is 28.5. The molecule has 6 aromatic rings. The van der Waals surface area contributed by atoms with Gasteiger partial charge in [0, 0.05) is 47.1 Å². The number of Topliss-reactive ketones (excluding diaryl/α,β-unsaturated/α-hetero) is 1. The second-order valence-electron chi connectivity index (χ2n) is 17.6. The average molecular weight is 1090 g/mol. The molecule has 0 fully saturated rings. The summed E-state index contributed by atoms with van der Waals surface area (Å²) in [7, 11) is 1.21. The van der Waals surface area contributed by atoms with Crippen LogP contribution in [0, 0.1) is 0 Å². The second-order valence-corrected chi connectivity index (χ2v) is 18.1. The molecule has 0 atom stereocenters. The number of ketones is 1. The van der Waals surface area contributed by atoms with Crippen molar-refractivity contribution in [3.63, 3.8) is 0 Å². The minimum absolute atomic E-state index is 0.0432. The number of carbonyl (C=O) groups excluding carboxylic acids is 4. The second kappa shape index (κ2) is 25.9. The predicted molar refractivity (Wildman–Crippen MR) is 295 cm³/mol. The number of phenols is 1. The molecule has 9 N–H and O–H groups in total. The van der Waals surface area contributed by atoms with Crippen LogP contribution in [0.15, 0.2) is 131 Å². The SMILES string of the molecule is COC(=O)c1ccc(NC(=O)c2ccc(NC(=O)c3ccc(CC(=S)NCC(=O)Cc4ccc(-c5c6ccc(=O)cc-6oc6cc(O)ccc56)c(C(=O)O)c4)c(OCc4ccccc4)n3)c(OCCCN)n2)c(OCCCN)n1. The number of phenolic OH excluding ortho intramolecular Hbond substituents is 1. The van der Waals surface area contributed by atoms with Gasteiger partial charge >= 0.3 is 11.9 Å². The van der Waals surface area contributed by atoms with Crippen molar-refractivity contribution in [3.05, 3.63) is 171 Å². The van der Waals surface area contributed by atoms with Gasteiger partial charge in [-0.3, -0.25) is 19.2 Å². The Bertz CT molecular complexity index is 3630. The third-order valence-corrected chi connectivity index (χ3v) is 12.2. The summed E-state index contributed by atoms with van der Waals surface area (Å²) in [5, 5.41) is 29.5. The Balaban J connectivity index is 0.966. The molecule has 79 heavy (non-hydrogen) atoms. The number of hydrogen-bond donors (Lipinski definition) is 7. The Labute approximate surface area is 456 Å². The number of rotatable bonds is 24. The third-order valence-electron chi connectivity index (χ3n) is 11.9. The molecular formula is C57H52N8O13S. The van der Waals surface area contributed by atoms with Gasteiger partial charge in [0.05, 0.1) is 37.4 Å². The molecule has 1 aliphatic heterocycles. The first kappa shape index (κ1) is 55.6. The molecular weight excluding hydrogens is 1040 g/mol. The lowest BCUT2D eigenvalue weighted by molar-refractivity contribution is -0.117. The molecule has 2 aliphatic rings. The summed E-state index contributed by atoms with van der Waals surface area (Å²) >= 11 is 5.68. The molecule has 4 heterocycles. The van der Waals surface area contributed by atoms with Crippen LogP contribution in [-0.4, -0.2) is 99.6 Å². The number of carbonyl (C=O) groups is 5. The van der Waals surface area contributed by atoms with Gasteiger partial charge in [0.1, 0.15) is 46.5 Å². The van der Waals surface area contributed by atoms with Crippen molar-refractivity contribution in [2.45, 2.75) is 32.3 Å². The molecule has 0 radical (unpaired) electrons. The van der Waals surface area contributed by atoms with Gasteiger partial charge in [0.25, 0.3) is 11.8 Å². The molecule has 0 bridgehead atoms. The van der Waals surface area contributed by atoms with Crippen molar-refractivity contribution in [2.24, 2.45) is 11.5 Å². The standard InChI is InChI=1S/C57H52N8O13S/c1-74-57(73)46-20-19-45(55(65-46)76-24-6-22-59)62-52(70)43-17-18-44(54(64-43)75-23-5-21-58)61-51(69)42-16-10-34(53(63-42)77-31-32-7-3-2-4-8-32)27-49(79)60-30-37(68)25-33-9-13-38(41(26-33)56(71)72)50-39-14-11-35(66)28-47(39)78-48-29-36(67)12-15-40(48)50/h2-4,7-20,26,28-29,66H,5-6,21-25,27,30-31,58-59H2,1H3,(H,60,79)(H,61,69)(H,62,70)(H,71,72). The van der Waals surface area contributed by atoms with Crippen LogP contribution in [0.5, 0.6) is 23.4 Å². The summed E-state index contributed by atoms with van der Waals surface area (Å²) in [6.07, 6.45) is 0.807. The van der Waals surface area contributed by atoms with Crippen molar-refractivity contribution in [1.82, 2.24) is 20.3 Å². The fourth-order valence-electron chi connectivity index (χ4n) is 8.06. The maximum absolute atomic E-state index is 14.0. The number of anilines is 2. The van der Waals surface area contributed by atoms with Crippen LogP contribution in [0.2, 0.25) is 0 Å². The molecule has 22 heteroatoms. The van der Waals surface area contributed by atoms with E-state index in [9.17, 15) is 39.0 Å². The van der Waals surface area contributed by atoms with Crippen LogP contribution in [0.1, 0.15) is 71.4 Å². The Kier molecular flexibility index (Phi) is 18.2. The van der Waals surface area contributed by atoms with Crippen molar-refractivity contribution < 1.29 is 57.6 Å². The topological polar surface area (TPSA) is 320 Å². The number of benzene rings is 4. The van der Waals surface area contributed by atoms with Gasteiger partial charge in [-0.15, -0.1) is 0 Å². The van der Waals surface area contributed by atoms with Gasteiger partial charge in [-0.2, -0.15) is 0 Å². The number of aromatic carboxylic acids is 1. The number of amides is 2. The maximum atomic E-state index is 14.0. The van der Waals surface area contributed by atoms with E-state index in [-0.39, 0.29) is 131 Å². The first-order chi connectivity index (χ1) is 38.2. The van der Waals surface area contributed by atoms with Gasteiger partial charge in [-0.25, -0.2) is 24.5 Å². The lowest BCUT2D eigenvalue weighted by Gasteiger charge is -2.17. The summed E-state index contributed by atoms with van der Waals surface area (Å²) in [6, 6.07) is 31.2. The quantitative estimate of drug-likeness (QED) is 0.0142. The van der Waals surface area contributed by atoms with Crippen LogP contribution in [0.25, 0.3) is 33.4 Å². The number of hydrogen-bond acceptors (Lipinski definition) is 18. The highest BCUT2D eigenvalue weighted by molar-refractivity contribution is 7.80. The van der Waals surface area contributed by atoms with Crippen LogP contribution in [0.3, 0.4) is 0 Å². The largest absolute Gasteiger partial charge is 0.508 e. The van der Waals surface area contributed by atoms with Crippen molar-refractivity contribution >= 4 is 69.1 Å². The van der Waals surface area contributed by atoms with Crippen molar-refractivity contribution in [2.75, 3.05) is 50.6 Å². The Morgan fingerprint density at radius 2 is 1.30 bits per heavy atom. The molecule has 2 amide bonds. The fraction of sp³-hybridized carbons (Fsp3) is 0.193. The average Bonchev–Trinajstić information content (AvgIpc) is 3.58. The fourth-order valence-corrected chi connectivity index (χ4v) is 8.29. The highest BCUT2D eigenvalue weighted by Crippen LogP contribution is 2.42. The number of fused-ring (bicyclic) bond motifs is 2. The maximum Gasteiger partial charge on any atom is 0.356 e. The first-order valence-corrected chi connectivity index (χ1v) is 25.0. The summed E-state index contributed by atoms with van der Waals surface area (Å²) in [4.78, 5) is 91.7. The van der Waals surface area contributed by atoms with Gasteiger partial charge in [-0.05, 0) is 103 Å². The molecule has 3 aromatic carbocycles. The lowest BCUT2D eigenvalue weighted by atomic mass is 9.89. The Morgan fingerprint density at radius 1 is 0.671 bits per heavy atom. The van der Waals surface area contributed by atoms with Crippen molar-refractivity contribution in [3.8, 4) is 45.8 Å². The lowest BCUT2D eigenvalue weighted by Crippen LogP contribution is -2.30. The van der Waals surface area contributed by atoms with E-state index in [1.807, 2.05) is 30.3 Å². The zero-order valence-electron chi connectivity index (χ0n) is 42.4. The number of pyridine rings is 3. The van der Waals surface area contributed by atoms with Crippen LogP contribution in [0.4, 0.5) is 11.4 Å². The highest BCUT2D eigenvalue weighted by atomic mass is 32.1. The smallest absolute Gasteiger partial charge is 0.356 e. The van der Waals surface area contributed by atoms with E-state index >= 15 is 0 Å². The number of aromatic nitrogens is 3. The Morgan fingerprint density at radius 3 is 1.96 bits per heavy atom. The van der Waals surface area contributed by atoms with Gasteiger partial charge in [0.2, 0.25) is 17.6 Å². The van der Waals surface area contributed by atoms with Gasteiger partial charge in [-0.1, -0.05) is 60.7 Å². The number of carboxylic acids is 1. The molecule has 8 rings (SSSR count). The molecule has 0 spiro atoms. The predicted octanol–water partition coefficient (Wildman–Crippen LogP) is 6.75. The number of esters is 1. The Hall–Kier alpha value is -9.64. The van der Waals surface area contributed by atoms with Crippen LogP contribution in [-0.2, 0) is 29.0 Å². The van der Waals surface area contributed by atoms with E-state index < -0.39 is 23.8 Å². The monoisotopic (exact) mass is 1090 g/mol. The first-order valence-electron chi connectivity index (χ1n) is 24.6. The zero-order chi connectivity index (χ0) is 56.0.